The molecule has 6 bridgehead atoms. The number of esters is 1. The van der Waals surface area contributed by atoms with Gasteiger partial charge in [0.1, 0.15) is 17.8 Å². The number of phenolic OH excluding ortho intramolecular Hbond substituents is 1. The van der Waals surface area contributed by atoms with E-state index in [-0.39, 0.29) is 63.8 Å². The van der Waals surface area contributed by atoms with Crippen LogP contribution in [0.1, 0.15) is 89.3 Å². The summed E-state index contributed by atoms with van der Waals surface area (Å²) in [6.45, 7) is 17.4. The van der Waals surface area contributed by atoms with Crippen LogP contribution in [0.5, 0.6) is 5.75 Å². The first-order valence-electron chi connectivity index (χ1n) is 23.7. The number of likely N-dealkylation sites (tertiary alicyclic amines) is 1. The van der Waals surface area contributed by atoms with Crippen LogP contribution >= 0.6 is 0 Å². The lowest BCUT2D eigenvalue weighted by Gasteiger charge is -2.40. The lowest BCUT2D eigenvalue weighted by Crippen LogP contribution is -2.67. The van der Waals surface area contributed by atoms with Crippen molar-refractivity contribution in [2.24, 2.45) is 11.3 Å². The van der Waals surface area contributed by atoms with Gasteiger partial charge in [0, 0.05) is 81.1 Å². The number of nitrogens with zero attached hydrogens (tertiary/aromatic N) is 5. The molecular formula is C52H67N7O10. The second-order valence-electron chi connectivity index (χ2n) is 20.1. The Morgan fingerprint density at radius 3 is 2.49 bits per heavy atom. The number of fused-ring (bicyclic) bond motifs is 6. The van der Waals surface area contributed by atoms with Crippen molar-refractivity contribution in [1.82, 2.24) is 35.1 Å². The lowest BCUT2D eigenvalue weighted by molar-refractivity contribution is -0.189. The minimum absolute atomic E-state index is 0.0504. The van der Waals surface area contributed by atoms with Crippen molar-refractivity contribution in [2.75, 3.05) is 40.4 Å². The van der Waals surface area contributed by atoms with Crippen molar-refractivity contribution in [3.05, 3.63) is 83.7 Å². The Morgan fingerprint density at radius 2 is 1.81 bits per heavy atom. The standard InChI is InChI=1S/C52H67N7O10/c1-11-42(61)57-19-17-51(66,28-57)48(64)56(9)44(30(3)4)46(62)54-40-23-33-21-35(24-36(60)22-33)34-14-15-41-37(25-34)39(45(58(41)12-2)38-20-31(5)27-53-43(38)32(6)68-10)26-50(7,8)29-69-49(65)52(67)16-13-18-59(55-52)47(40)63/h11,14-15,20-22,24-25,27,30,32,40,44,55,60,66-67H,1,12-13,16-19,23,26,28-29H2,2-10H3,(H,54,62)/t32-,40-,44-,51?,52-/m0/s1. The van der Waals surface area contributed by atoms with Crippen LogP contribution in [0.3, 0.4) is 0 Å². The average molecular weight is 950 g/mol. The van der Waals surface area contributed by atoms with E-state index in [1.807, 2.05) is 52.1 Å². The molecule has 0 radical (unpaired) electrons. The molecule has 69 heavy (non-hydrogen) atoms. The number of hydrazine groups is 1. The first kappa shape index (κ1) is 50.7. The third-order valence-electron chi connectivity index (χ3n) is 13.8. The number of rotatable bonds is 10. The van der Waals surface area contributed by atoms with Gasteiger partial charge in [-0.15, -0.1) is 0 Å². The molecule has 17 nitrogen and oxygen atoms in total. The Kier molecular flexibility index (Phi) is 14.5. The van der Waals surface area contributed by atoms with E-state index >= 15 is 0 Å². The molecule has 17 heteroatoms. The Hall–Kier alpha value is -6.14. The van der Waals surface area contributed by atoms with E-state index < -0.39 is 64.3 Å². The SMILES string of the molecule is C=CC(=O)N1CCC(O)(C(=O)N(C)[C@H](C(=O)N[C@H]2Cc3cc(O)cc(c3)-c3ccc4c(c3)c(c(-c3cc(C)cnc3[C@H](C)OC)n4CC)CC(C)(C)COC(=O)[C@@]3(O)CCCN(N3)C2=O)C(C)C)C1. The number of hydrogen-bond donors (Lipinski definition) is 5. The number of nitrogens with one attached hydrogen (secondary N) is 2. The van der Waals surface area contributed by atoms with E-state index in [0.29, 0.717) is 24.1 Å². The van der Waals surface area contributed by atoms with E-state index in [4.69, 9.17) is 14.5 Å². The first-order chi connectivity index (χ1) is 32.5. The van der Waals surface area contributed by atoms with Crippen LogP contribution in [0.25, 0.3) is 33.3 Å². The molecule has 2 aromatic heterocycles. The van der Waals surface area contributed by atoms with Crippen molar-refractivity contribution in [3.8, 4) is 28.1 Å². The van der Waals surface area contributed by atoms with Gasteiger partial charge in [-0.3, -0.25) is 29.2 Å². The quantitative estimate of drug-likeness (QED) is 0.108. The predicted molar refractivity (Wildman–Crippen MR) is 259 cm³/mol. The maximum Gasteiger partial charge on any atom is 0.355 e. The highest BCUT2D eigenvalue weighted by atomic mass is 16.6. The molecule has 5 atom stereocenters. The third kappa shape index (κ3) is 10.1. The maximum atomic E-state index is 14.8. The van der Waals surface area contributed by atoms with E-state index in [2.05, 4.69) is 40.9 Å². The normalized spacial score (nSPS) is 22.8. The number of aliphatic hydroxyl groups is 2. The summed E-state index contributed by atoms with van der Waals surface area (Å²) in [6, 6.07) is 10.6. The van der Waals surface area contributed by atoms with E-state index in [9.17, 15) is 39.3 Å². The number of ether oxygens (including phenoxy) is 2. The largest absolute Gasteiger partial charge is 0.508 e. The molecule has 0 spiro atoms. The zero-order valence-electron chi connectivity index (χ0n) is 41.2. The summed E-state index contributed by atoms with van der Waals surface area (Å²) < 4.78 is 14.0. The first-order valence-corrected chi connectivity index (χ1v) is 23.7. The number of pyridine rings is 1. The smallest absolute Gasteiger partial charge is 0.355 e. The number of methoxy groups -OCH3 is 1. The number of aromatic hydroxyl groups is 1. The number of aromatic nitrogens is 2. The van der Waals surface area contributed by atoms with Crippen molar-refractivity contribution < 1.29 is 48.8 Å². The Balaban J connectivity index is 1.34. The summed E-state index contributed by atoms with van der Waals surface area (Å²) in [7, 11) is 3.04. The van der Waals surface area contributed by atoms with Crippen LogP contribution in [0.2, 0.25) is 0 Å². The number of phenols is 1. The number of amides is 4. The highest BCUT2D eigenvalue weighted by Gasteiger charge is 2.49. The second kappa shape index (κ2) is 19.7. The van der Waals surface area contributed by atoms with Crippen LogP contribution in [-0.4, -0.2) is 133 Å². The zero-order valence-corrected chi connectivity index (χ0v) is 41.2. The summed E-state index contributed by atoms with van der Waals surface area (Å²) in [5.41, 5.74) is 5.17. The van der Waals surface area contributed by atoms with Gasteiger partial charge in [0.2, 0.25) is 17.5 Å². The molecule has 5 heterocycles. The molecule has 4 amide bonds. The van der Waals surface area contributed by atoms with Crippen LogP contribution < -0.4 is 10.7 Å². The Bertz CT molecular complexity index is 2680. The van der Waals surface area contributed by atoms with Gasteiger partial charge < -0.3 is 44.5 Å². The van der Waals surface area contributed by atoms with Gasteiger partial charge in [0.05, 0.1) is 30.6 Å². The molecule has 3 aliphatic rings. The molecule has 0 saturated carbocycles. The molecule has 2 aromatic carbocycles. The van der Waals surface area contributed by atoms with Crippen LogP contribution in [-0.2, 0) is 52.8 Å². The van der Waals surface area contributed by atoms with Gasteiger partial charge >= 0.3 is 5.97 Å². The van der Waals surface area contributed by atoms with Crippen molar-refractivity contribution in [1.29, 1.82) is 0 Å². The molecule has 5 N–H and O–H groups in total. The van der Waals surface area contributed by atoms with Gasteiger partial charge in [-0.25, -0.2) is 4.79 Å². The third-order valence-corrected chi connectivity index (χ3v) is 13.8. The molecule has 0 aliphatic carbocycles. The predicted octanol–water partition coefficient (Wildman–Crippen LogP) is 4.71. The van der Waals surface area contributed by atoms with Gasteiger partial charge in [0.25, 0.3) is 11.8 Å². The highest BCUT2D eigenvalue weighted by molar-refractivity contribution is 5.97. The summed E-state index contributed by atoms with van der Waals surface area (Å²) in [5, 5.41) is 39.7. The van der Waals surface area contributed by atoms with E-state index in [1.165, 1.54) is 18.0 Å². The number of carbonyl (C=O) groups is 5. The van der Waals surface area contributed by atoms with Gasteiger partial charge in [-0.05, 0) is 104 Å². The molecule has 370 valence electrons. The van der Waals surface area contributed by atoms with Gasteiger partial charge in [-0.1, -0.05) is 46.4 Å². The number of cyclic esters (lactones) is 1. The minimum Gasteiger partial charge on any atom is -0.508 e. The van der Waals surface area contributed by atoms with E-state index in [1.54, 1.807) is 27.0 Å². The maximum absolute atomic E-state index is 14.8. The van der Waals surface area contributed by atoms with Crippen LogP contribution in [0.15, 0.2) is 61.3 Å². The molecule has 7 rings (SSSR count). The molecule has 1 unspecified atom stereocenters. The number of carbonyl (C=O) groups excluding carboxylic acids is 5. The van der Waals surface area contributed by atoms with Gasteiger partial charge in [-0.2, -0.15) is 5.43 Å². The molecular weight excluding hydrogens is 883 g/mol. The summed E-state index contributed by atoms with van der Waals surface area (Å²) in [5.74, 6) is -4.19. The van der Waals surface area contributed by atoms with Crippen molar-refractivity contribution in [3.63, 3.8) is 0 Å². The fourth-order valence-corrected chi connectivity index (χ4v) is 10.2. The Morgan fingerprint density at radius 1 is 1.07 bits per heavy atom. The minimum atomic E-state index is -2.30. The number of benzene rings is 2. The fraction of sp³-hybridized carbons (Fsp3) is 0.500. The lowest BCUT2D eigenvalue weighted by atomic mass is 9.84. The van der Waals surface area contributed by atoms with E-state index in [0.717, 1.165) is 60.5 Å². The molecule has 2 saturated heterocycles. The summed E-state index contributed by atoms with van der Waals surface area (Å²) in [6.07, 6.45) is 2.96. The summed E-state index contributed by atoms with van der Waals surface area (Å²) >= 11 is 0. The molecule has 4 aromatic rings. The summed E-state index contributed by atoms with van der Waals surface area (Å²) in [4.78, 5) is 77.1. The zero-order chi connectivity index (χ0) is 50.3. The molecule has 2 fully saturated rings. The Labute approximate surface area is 403 Å². The molecule has 3 aliphatic heterocycles. The topological polar surface area (TPSA) is 216 Å². The fourth-order valence-electron chi connectivity index (χ4n) is 10.2. The van der Waals surface area contributed by atoms with Crippen LogP contribution in [0.4, 0.5) is 0 Å². The van der Waals surface area contributed by atoms with Crippen LogP contribution in [0, 0.1) is 18.3 Å². The average Bonchev–Trinajstić information content (AvgIpc) is 3.86. The number of hydrogen-bond acceptors (Lipinski definition) is 12. The monoisotopic (exact) mass is 949 g/mol. The number of β-amino-alcohol motifs (C(OH)–C–C–N with tert-alkyl or cyclic N) is 1. The van der Waals surface area contributed by atoms with Crippen molar-refractivity contribution in [2.45, 2.75) is 117 Å². The highest BCUT2D eigenvalue weighted by Crippen LogP contribution is 2.43. The number of likely N-dealkylation sites (N-methyl/N-ethyl adjacent to an activating group) is 1. The van der Waals surface area contributed by atoms with Crippen molar-refractivity contribution >= 4 is 40.5 Å². The second-order valence-corrected chi connectivity index (χ2v) is 20.1. The number of aryl methyl sites for hydroxylation is 2. The van der Waals surface area contributed by atoms with Gasteiger partial charge in [0.15, 0.2) is 5.60 Å².